The van der Waals surface area contributed by atoms with E-state index in [0.29, 0.717) is 32.6 Å². The number of hydrogen-bond acceptors (Lipinski definition) is 6. The van der Waals surface area contributed by atoms with Gasteiger partial charge in [0.2, 0.25) is 11.8 Å². The molecule has 0 spiro atoms. The Balaban J connectivity index is 1.51. The molecule has 1 unspecified atom stereocenters. The molecule has 0 saturated carbocycles. The quantitative estimate of drug-likeness (QED) is 0.763. The second kappa shape index (κ2) is 8.46. The largest absolute Gasteiger partial charge is 0.472 e. The Hall–Kier alpha value is -2.19. The minimum absolute atomic E-state index is 0.0962. The number of carbonyl (C=O) groups excluding carboxylic acids is 2. The van der Waals surface area contributed by atoms with Crippen LogP contribution >= 0.6 is 11.3 Å². The van der Waals surface area contributed by atoms with Gasteiger partial charge in [-0.1, -0.05) is 0 Å². The van der Waals surface area contributed by atoms with E-state index in [1.54, 1.807) is 23.9 Å². The Morgan fingerprint density at radius 2 is 2.35 bits per heavy atom. The Labute approximate surface area is 156 Å². The van der Waals surface area contributed by atoms with Gasteiger partial charge in [0.1, 0.15) is 0 Å². The van der Waals surface area contributed by atoms with E-state index in [2.05, 4.69) is 15.6 Å². The topological polar surface area (TPSA) is 87.5 Å². The van der Waals surface area contributed by atoms with Crippen LogP contribution in [0.25, 0.3) is 0 Å². The van der Waals surface area contributed by atoms with Gasteiger partial charge in [-0.05, 0) is 19.9 Å². The molecule has 1 aliphatic heterocycles. The molecule has 7 nitrogen and oxygen atoms in total. The molecule has 2 aromatic rings. The number of aromatic nitrogens is 1. The fourth-order valence-corrected chi connectivity index (χ4v) is 3.93. The Morgan fingerprint density at radius 1 is 1.50 bits per heavy atom. The van der Waals surface area contributed by atoms with Crippen molar-refractivity contribution < 1.29 is 14.0 Å². The highest BCUT2D eigenvalue weighted by molar-refractivity contribution is 7.11. The maximum Gasteiger partial charge on any atom is 0.237 e. The third-order valence-corrected chi connectivity index (χ3v) is 5.65. The van der Waals surface area contributed by atoms with Crippen LogP contribution in [0.1, 0.15) is 27.6 Å². The first kappa shape index (κ1) is 18.6. The van der Waals surface area contributed by atoms with E-state index >= 15 is 0 Å². The molecule has 1 atom stereocenters. The van der Waals surface area contributed by atoms with Crippen molar-refractivity contribution in [2.45, 2.75) is 39.3 Å². The normalized spacial score (nSPS) is 17.9. The minimum Gasteiger partial charge on any atom is -0.472 e. The predicted molar refractivity (Wildman–Crippen MR) is 98.8 cm³/mol. The molecular weight excluding hydrogens is 352 g/mol. The van der Waals surface area contributed by atoms with Crippen LogP contribution in [0.2, 0.25) is 0 Å². The second-order valence-electron chi connectivity index (χ2n) is 6.46. The summed E-state index contributed by atoms with van der Waals surface area (Å²) in [6, 6.07) is 1.42. The number of hydrogen-bond donors (Lipinski definition) is 2. The fourth-order valence-electron chi connectivity index (χ4n) is 2.99. The molecule has 0 aliphatic carbocycles. The molecule has 2 N–H and O–H groups in total. The summed E-state index contributed by atoms with van der Waals surface area (Å²) in [6.07, 6.45) is 4.14. The number of amides is 2. The summed E-state index contributed by atoms with van der Waals surface area (Å²) < 4.78 is 5.09. The van der Waals surface area contributed by atoms with Gasteiger partial charge >= 0.3 is 0 Å². The standard InChI is InChI=1S/C18H24N4O3S/c1-12-13(2)26-17(21-12)3-5-19-16(23)9-15-18(24)20-6-7-22(15)10-14-4-8-25-11-14/h4,8,11,15H,3,5-7,9-10H2,1-2H3,(H,19,23)(H,20,24). The molecule has 0 bridgehead atoms. The first-order valence-corrected chi connectivity index (χ1v) is 9.57. The lowest BCUT2D eigenvalue weighted by Gasteiger charge is -2.34. The summed E-state index contributed by atoms with van der Waals surface area (Å²) in [6.45, 7) is 6.47. The summed E-state index contributed by atoms with van der Waals surface area (Å²) >= 11 is 1.66. The molecule has 2 amide bonds. The van der Waals surface area contributed by atoms with E-state index in [1.807, 2.05) is 24.8 Å². The predicted octanol–water partition coefficient (Wildman–Crippen LogP) is 1.40. The van der Waals surface area contributed by atoms with Gasteiger partial charge in [0.05, 0.1) is 35.7 Å². The summed E-state index contributed by atoms with van der Waals surface area (Å²) in [4.78, 5) is 32.3. The maximum absolute atomic E-state index is 12.3. The van der Waals surface area contributed by atoms with Gasteiger partial charge in [-0.15, -0.1) is 11.3 Å². The monoisotopic (exact) mass is 376 g/mol. The zero-order valence-electron chi connectivity index (χ0n) is 15.1. The van der Waals surface area contributed by atoms with Gasteiger partial charge in [0, 0.05) is 43.0 Å². The highest BCUT2D eigenvalue weighted by Gasteiger charge is 2.31. The number of furan rings is 1. The summed E-state index contributed by atoms with van der Waals surface area (Å²) in [7, 11) is 0. The van der Waals surface area contributed by atoms with Crippen LogP contribution in [-0.2, 0) is 22.6 Å². The van der Waals surface area contributed by atoms with Crippen LogP contribution in [0, 0.1) is 13.8 Å². The van der Waals surface area contributed by atoms with Gasteiger partial charge in [-0.25, -0.2) is 4.98 Å². The van der Waals surface area contributed by atoms with Crippen LogP contribution < -0.4 is 10.6 Å². The molecule has 26 heavy (non-hydrogen) atoms. The minimum atomic E-state index is -0.456. The molecule has 3 heterocycles. The number of nitrogens with one attached hydrogen (secondary N) is 2. The number of rotatable bonds is 7. The lowest BCUT2D eigenvalue weighted by atomic mass is 10.1. The van der Waals surface area contributed by atoms with Gasteiger partial charge in [-0.2, -0.15) is 0 Å². The van der Waals surface area contributed by atoms with Crippen molar-refractivity contribution in [2.75, 3.05) is 19.6 Å². The van der Waals surface area contributed by atoms with Crippen LogP contribution in [-0.4, -0.2) is 47.4 Å². The second-order valence-corrected chi connectivity index (χ2v) is 7.75. The summed E-state index contributed by atoms with van der Waals surface area (Å²) in [5, 5.41) is 6.78. The van der Waals surface area contributed by atoms with Crippen LogP contribution in [0.5, 0.6) is 0 Å². The molecule has 2 aromatic heterocycles. The van der Waals surface area contributed by atoms with E-state index in [4.69, 9.17) is 4.42 Å². The van der Waals surface area contributed by atoms with Gasteiger partial charge in [0.15, 0.2) is 0 Å². The van der Waals surface area contributed by atoms with Crippen LogP contribution in [0.3, 0.4) is 0 Å². The summed E-state index contributed by atoms with van der Waals surface area (Å²) in [5.74, 6) is -0.213. The lowest BCUT2D eigenvalue weighted by molar-refractivity contribution is -0.134. The van der Waals surface area contributed by atoms with Crippen LogP contribution in [0.4, 0.5) is 0 Å². The highest BCUT2D eigenvalue weighted by Crippen LogP contribution is 2.17. The molecule has 1 fully saturated rings. The van der Waals surface area contributed by atoms with Crippen LogP contribution in [0.15, 0.2) is 23.0 Å². The average molecular weight is 376 g/mol. The van der Waals surface area contributed by atoms with Crippen molar-refractivity contribution in [3.05, 3.63) is 39.7 Å². The number of thiazole rings is 1. The number of aryl methyl sites for hydroxylation is 2. The first-order valence-electron chi connectivity index (χ1n) is 8.75. The third-order valence-electron chi connectivity index (χ3n) is 4.52. The smallest absolute Gasteiger partial charge is 0.237 e. The molecule has 1 aliphatic rings. The number of carbonyl (C=O) groups is 2. The average Bonchev–Trinajstić information content (AvgIpc) is 3.21. The SMILES string of the molecule is Cc1nc(CCNC(=O)CC2C(=O)NCCN2Cc2ccoc2)sc1C. The van der Waals surface area contributed by atoms with E-state index in [1.165, 1.54) is 4.88 Å². The van der Waals surface area contributed by atoms with Crippen molar-refractivity contribution in [3.8, 4) is 0 Å². The summed E-state index contributed by atoms with van der Waals surface area (Å²) in [5.41, 5.74) is 2.05. The number of piperazine rings is 1. The van der Waals surface area contributed by atoms with Crippen molar-refractivity contribution in [1.82, 2.24) is 20.5 Å². The van der Waals surface area contributed by atoms with Crippen molar-refractivity contribution >= 4 is 23.2 Å². The lowest BCUT2D eigenvalue weighted by Crippen LogP contribution is -2.56. The maximum atomic E-state index is 12.3. The highest BCUT2D eigenvalue weighted by atomic mass is 32.1. The molecular formula is C18H24N4O3S. The molecule has 0 radical (unpaired) electrons. The zero-order chi connectivity index (χ0) is 18.5. The van der Waals surface area contributed by atoms with E-state index < -0.39 is 6.04 Å². The molecule has 3 rings (SSSR count). The molecule has 1 saturated heterocycles. The molecule has 140 valence electrons. The van der Waals surface area contributed by atoms with Crippen molar-refractivity contribution in [1.29, 1.82) is 0 Å². The third kappa shape index (κ3) is 4.70. The van der Waals surface area contributed by atoms with Gasteiger partial charge < -0.3 is 15.1 Å². The van der Waals surface area contributed by atoms with Gasteiger partial charge in [-0.3, -0.25) is 14.5 Å². The van der Waals surface area contributed by atoms with E-state index in [-0.39, 0.29) is 18.2 Å². The fraction of sp³-hybridized carbons (Fsp3) is 0.500. The molecule has 8 heteroatoms. The Kier molecular flexibility index (Phi) is 6.05. The first-order chi connectivity index (χ1) is 12.5. The Bertz CT molecular complexity index is 737. The van der Waals surface area contributed by atoms with E-state index in [0.717, 1.165) is 16.3 Å². The molecule has 0 aromatic carbocycles. The number of nitrogens with zero attached hydrogens (tertiary/aromatic N) is 2. The van der Waals surface area contributed by atoms with Crippen molar-refractivity contribution in [3.63, 3.8) is 0 Å². The Morgan fingerprint density at radius 3 is 3.04 bits per heavy atom. The van der Waals surface area contributed by atoms with E-state index in [9.17, 15) is 9.59 Å². The zero-order valence-corrected chi connectivity index (χ0v) is 15.9. The van der Waals surface area contributed by atoms with Gasteiger partial charge in [0.25, 0.3) is 0 Å². The van der Waals surface area contributed by atoms with Crippen molar-refractivity contribution in [2.24, 2.45) is 0 Å².